The Morgan fingerprint density at radius 2 is 2.00 bits per heavy atom. The first-order valence-corrected chi connectivity index (χ1v) is 8.02. The quantitative estimate of drug-likeness (QED) is 0.794. The van der Waals surface area contributed by atoms with Gasteiger partial charge in [-0.15, -0.1) is 22.7 Å². The van der Waals surface area contributed by atoms with Gasteiger partial charge in [0.25, 0.3) is 0 Å². The van der Waals surface area contributed by atoms with E-state index < -0.39 is 5.97 Å². The molecule has 0 saturated carbocycles. The molecule has 3 rings (SSSR count). The molecule has 0 saturated heterocycles. The molecule has 0 aliphatic carbocycles. The summed E-state index contributed by atoms with van der Waals surface area (Å²) in [6, 6.07) is 9.40. The van der Waals surface area contributed by atoms with Gasteiger partial charge >= 0.3 is 5.97 Å². The van der Waals surface area contributed by atoms with Gasteiger partial charge < -0.3 is 5.11 Å². The van der Waals surface area contributed by atoms with Gasteiger partial charge in [0.15, 0.2) is 0 Å². The van der Waals surface area contributed by atoms with E-state index in [2.05, 4.69) is 9.97 Å². The number of aromatic nitrogens is 2. The van der Waals surface area contributed by atoms with Crippen LogP contribution >= 0.6 is 22.7 Å². The number of nitrogens with zero attached hydrogens (tertiary/aromatic N) is 2. The molecule has 6 heteroatoms. The summed E-state index contributed by atoms with van der Waals surface area (Å²) in [4.78, 5) is 20.6. The molecular formula is C15H12N2O2S2. The molecule has 21 heavy (non-hydrogen) atoms. The van der Waals surface area contributed by atoms with E-state index in [1.54, 1.807) is 11.3 Å². The van der Waals surface area contributed by atoms with Gasteiger partial charge in [-0.2, -0.15) is 0 Å². The smallest absolute Gasteiger partial charge is 0.348 e. The standard InChI is InChI=1S/C15H12N2O2S2/c1-9-16-11(8-20-9)7-12-17-13(14(21-12)15(18)19)10-5-3-2-4-6-10/h2-6,8H,7H2,1H3,(H,18,19). The molecule has 1 aromatic carbocycles. The van der Waals surface area contributed by atoms with Crippen LogP contribution in [-0.2, 0) is 6.42 Å². The lowest BCUT2D eigenvalue weighted by Gasteiger charge is -1.97. The van der Waals surface area contributed by atoms with Crippen molar-refractivity contribution in [3.63, 3.8) is 0 Å². The SMILES string of the molecule is Cc1nc(Cc2nc(-c3ccccc3)c(C(=O)O)s2)cs1. The van der Waals surface area contributed by atoms with E-state index in [-0.39, 0.29) is 4.88 Å². The zero-order valence-electron chi connectivity index (χ0n) is 11.2. The molecule has 3 aromatic rings. The fourth-order valence-electron chi connectivity index (χ4n) is 2.02. The Labute approximate surface area is 129 Å². The lowest BCUT2D eigenvalue weighted by Crippen LogP contribution is -1.95. The highest BCUT2D eigenvalue weighted by molar-refractivity contribution is 7.14. The Hall–Kier alpha value is -2.05. The zero-order valence-corrected chi connectivity index (χ0v) is 12.9. The van der Waals surface area contributed by atoms with Gasteiger partial charge in [0.2, 0.25) is 0 Å². The molecule has 0 fully saturated rings. The molecular weight excluding hydrogens is 304 g/mol. The van der Waals surface area contributed by atoms with E-state index in [1.165, 1.54) is 11.3 Å². The van der Waals surface area contributed by atoms with E-state index in [4.69, 9.17) is 0 Å². The van der Waals surface area contributed by atoms with Crippen LogP contribution in [0, 0.1) is 6.92 Å². The van der Waals surface area contributed by atoms with Gasteiger partial charge in [-0.05, 0) is 6.92 Å². The number of hydrogen-bond donors (Lipinski definition) is 1. The van der Waals surface area contributed by atoms with E-state index in [9.17, 15) is 9.90 Å². The Morgan fingerprint density at radius 1 is 1.24 bits per heavy atom. The number of carboxylic acid groups (broad SMARTS) is 1. The topological polar surface area (TPSA) is 63.1 Å². The minimum absolute atomic E-state index is 0.281. The summed E-state index contributed by atoms with van der Waals surface area (Å²) in [7, 11) is 0. The molecule has 4 nitrogen and oxygen atoms in total. The van der Waals surface area contributed by atoms with Gasteiger partial charge in [0.05, 0.1) is 16.4 Å². The Balaban J connectivity index is 1.99. The number of thiazole rings is 2. The average molecular weight is 316 g/mol. The molecule has 0 unspecified atom stereocenters. The molecule has 106 valence electrons. The number of benzene rings is 1. The summed E-state index contributed by atoms with van der Waals surface area (Å²) >= 11 is 2.81. The largest absolute Gasteiger partial charge is 0.477 e. The maximum atomic E-state index is 11.4. The number of rotatable bonds is 4. The van der Waals surface area contributed by atoms with Crippen LogP contribution in [0.1, 0.15) is 25.4 Å². The maximum Gasteiger partial charge on any atom is 0.348 e. The van der Waals surface area contributed by atoms with Gasteiger partial charge in [0, 0.05) is 17.4 Å². The van der Waals surface area contributed by atoms with Gasteiger partial charge in [-0.1, -0.05) is 30.3 Å². The molecule has 0 bridgehead atoms. The molecule has 1 N–H and O–H groups in total. The minimum Gasteiger partial charge on any atom is -0.477 e. The van der Waals surface area contributed by atoms with Crippen molar-refractivity contribution in [2.24, 2.45) is 0 Å². The van der Waals surface area contributed by atoms with Crippen molar-refractivity contribution < 1.29 is 9.90 Å². The Kier molecular flexibility index (Phi) is 3.81. The predicted molar refractivity (Wildman–Crippen MR) is 84.2 cm³/mol. The van der Waals surface area contributed by atoms with E-state index in [0.29, 0.717) is 12.1 Å². The fraction of sp³-hybridized carbons (Fsp3) is 0.133. The molecule has 0 aliphatic rings. The Bertz CT molecular complexity index is 778. The highest BCUT2D eigenvalue weighted by Crippen LogP contribution is 2.29. The predicted octanol–water partition coefficient (Wildman–Crippen LogP) is 3.86. The molecule has 0 spiro atoms. The van der Waals surface area contributed by atoms with Crippen LogP contribution in [-0.4, -0.2) is 21.0 Å². The number of aryl methyl sites for hydroxylation is 1. The van der Waals surface area contributed by atoms with Crippen molar-refractivity contribution >= 4 is 28.6 Å². The Morgan fingerprint density at radius 3 is 2.62 bits per heavy atom. The van der Waals surface area contributed by atoms with Crippen molar-refractivity contribution in [1.29, 1.82) is 0 Å². The number of hydrogen-bond acceptors (Lipinski definition) is 5. The normalized spacial score (nSPS) is 10.7. The summed E-state index contributed by atoms with van der Waals surface area (Å²) in [5.74, 6) is -0.938. The third-order valence-corrected chi connectivity index (χ3v) is 4.78. The maximum absolute atomic E-state index is 11.4. The first kappa shape index (κ1) is 13.9. The number of aromatic carboxylic acids is 1. The third-order valence-electron chi connectivity index (χ3n) is 2.91. The van der Waals surface area contributed by atoms with Crippen molar-refractivity contribution in [3.05, 3.63) is 56.3 Å². The second-order valence-electron chi connectivity index (χ2n) is 4.49. The van der Waals surface area contributed by atoms with Crippen LogP contribution in [0.2, 0.25) is 0 Å². The monoisotopic (exact) mass is 316 g/mol. The summed E-state index contributed by atoms with van der Waals surface area (Å²) in [6.07, 6.45) is 0.572. The van der Waals surface area contributed by atoms with Crippen LogP contribution in [0.5, 0.6) is 0 Å². The van der Waals surface area contributed by atoms with Crippen molar-refractivity contribution in [2.75, 3.05) is 0 Å². The second kappa shape index (κ2) is 5.75. The van der Waals surface area contributed by atoms with Crippen LogP contribution in [0.25, 0.3) is 11.3 Å². The lowest BCUT2D eigenvalue weighted by atomic mass is 10.1. The van der Waals surface area contributed by atoms with Crippen LogP contribution in [0.4, 0.5) is 0 Å². The van der Waals surface area contributed by atoms with Gasteiger partial charge in [-0.25, -0.2) is 14.8 Å². The van der Waals surface area contributed by atoms with Gasteiger partial charge in [-0.3, -0.25) is 0 Å². The highest BCUT2D eigenvalue weighted by Gasteiger charge is 2.19. The van der Waals surface area contributed by atoms with E-state index in [0.717, 1.165) is 21.3 Å². The molecule has 0 atom stereocenters. The van der Waals surface area contributed by atoms with E-state index in [1.807, 2.05) is 42.6 Å². The summed E-state index contributed by atoms with van der Waals surface area (Å²) in [5, 5.41) is 13.1. The van der Waals surface area contributed by atoms with Crippen molar-refractivity contribution in [2.45, 2.75) is 13.3 Å². The first-order valence-electron chi connectivity index (χ1n) is 6.33. The molecule has 0 radical (unpaired) electrons. The van der Waals surface area contributed by atoms with Crippen LogP contribution in [0.15, 0.2) is 35.7 Å². The number of carboxylic acids is 1. The molecule has 0 aliphatic heterocycles. The fourth-order valence-corrected chi connectivity index (χ4v) is 3.57. The minimum atomic E-state index is -0.938. The number of carbonyl (C=O) groups is 1. The van der Waals surface area contributed by atoms with Crippen LogP contribution in [0.3, 0.4) is 0 Å². The van der Waals surface area contributed by atoms with E-state index >= 15 is 0 Å². The molecule has 2 aromatic heterocycles. The molecule has 0 amide bonds. The first-order chi connectivity index (χ1) is 10.1. The average Bonchev–Trinajstić information content (AvgIpc) is 3.07. The zero-order chi connectivity index (χ0) is 14.8. The van der Waals surface area contributed by atoms with Crippen molar-refractivity contribution in [3.8, 4) is 11.3 Å². The molecule has 2 heterocycles. The lowest BCUT2D eigenvalue weighted by molar-refractivity contribution is 0.0702. The summed E-state index contributed by atoms with van der Waals surface area (Å²) in [5.41, 5.74) is 2.30. The van der Waals surface area contributed by atoms with Crippen molar-refractivity contribution in [1.82, 2.24) is 9.97 Å². The summed E-state index contributed by atoms with van der Waals surface area (Å²) in [6.45, 7) is 1.95. The second-order valence-corrected chi connectivity index (χ2v) is 6.64. The van der Waals surface area contributed by atoms with Crippen LogP contribution < -0.4 is 0 Å². The van der Waals surface area contributed by atoms with Gasteiger partial charge in [0.1, 0.15) is 9.88 Å². The third kappa shape index (κ3) is 3.01. The summed E-state index contributed by atoms with van der Waals surface area (Å²) < 4.78 is 0. The highest BCUT2D eigenvalue weighted by atomic mass is 32.1.